The number of carbonyl (C=O) groups excluding carboxylic acids is 1. The van der Waals surface area contributed by atoms with E-state index in [0.717, 1.165) is 36.6 Å². The van der Waals surface area contributed by atoms with Crippen molar-refractivity contribution in [1.82, 2.24) is 25.1 Å². The first-order chi connectivity index (χ1) is 12.4. The fourth-order valence-electron chi connectivity index (χ4n) is 3.62. The van der Waals surface area contributed by atoms with Crippen LogP contribution >= 0.6 is 0 Å². The van der Waals surface area contributed by atoms with Crippen molar-refractivity contribution in [2.45, 2.75) is 25.4 Å². The smallest absolute Gasteiger partial charge is 0.356 e. The molecule has 26 heavy (non-hydrogen) atoms. The Labute approximate surface area is 147 Å². The van der Waals surface area contributed by atoms with E-state index in [4.69, 9.17) is 0 Å². The maximum atomic E-state index is 12.7. The van der Waals surface area contributed by atoms with Crippen molar-refractivity contribution < 1.29 is 18.0 Å². The predicted molar refractivity (Wildman–Crippen MR) is 85.7 cm³/mol. The van der Waals surface area contributed by atoms with Crippen LogP contribution in [0.2, 0.25) is 0 Å². The van der Waals surface area contributed by atoms with E-state index in [0.29, 0.717) is 24.7 Å². The molecule has 2 aliphatic heterocycles. The van der Waals surface area contributed by atoms with Gasteiger partial charge in [0.25, 0.3) is 0 Å². The molecule has 138 valence electrons. The van der Waals surface area contributed by atoms with Crippen LogP contribution in [0, 0.1) is 5.41 Å². The van der Waals surface area contributed by atoms with Gasteiger partial charge in [-0.1, -0.05) is 0 Å². The van der Waals surface area contributed by atoms with E-state index in [1.165, 1.54) is 18.6 Å². The van der Waals surface area contributed by atoms with Crippen LogP contribution in [0.15, 0.2) is 24.7 Å². The van der Waals surface area contributed by atoms with Gasteiger partial charge in [0.2, 0.25) is 11.9 Å². The molecule has 2 fully saturated rings. The molecule has 1 unspecified atom stereocenters. The minimum absolute atomic E-state index is 0.0787. The highest BCUT2D eigenvalue weighted by Gasteiger charge is 2.45. The number of piperidine rings is 1. The molecule has 2 aromatic rings. The first-order valence-corrected chi connectivity index (χ1v) is 8.36. The van der Waals surface area contributed by atoms with Gasteiger partial charge in [0.05, 0.1) is 17.8 Å². The number of amides is 1. The van der Waals surface area contributed by atoms with Crippen LogP contribution in [0.3, 0.4) is 0 Å². The zero-order valence-electron chi connectivity index (χ0n) is 13.8. The third kappa shape index (κ3) is 2.89. The minimum Gasteiger partial charge on any atom is -0.356 e. The number of nitrogens with one attached hydrogen (secondary N) is 1. The van der Waals surface area contributed by atoms with Crippen molar-refractivity contribution in [3.8, 4) is 5.69 Å². The molecule has 1 spiro atoms. The normalized spacial score (nSPS) is 23.5. The molecule has 1 atom stereocenters. The molecular weight excluding hydrogens is 349 g/mol. The van der Waals surface area contributed by atoms with Gasteiger partial charge in [-0.25, -0.2) is 14.6 Å². The van der Waals surface area contributed by atoms with E-state index < -0.39 is 11.9 Å². The molecule has 4 heterocycles. The quantitative estimate of drug-likeness (QED) is 0.877. The largest absolute Gasteiger partial charge is 0.435 e. The Balaban J connectivity index is 1.53. The van der Waals surface area contributed by atoms with Crippen molar-refractivity contribution >= 4 is 11.9 Å². The molecule has 0 saturated carbocycles. The number of carbonyl (C=O) groups is 1. The van der Waals surface area contributed by atoms with Gasteiger partial charge >= 0.3 is 6.18 Å². The minimum atomic E-state index is -4.49. The highest BCUT2D eigenvalue weighted by Crippen LogP contribution is 2.37. The number of rotatable bonds is 2. The van der Waals surface area contributed by atoms with E-state index in [1.54, 1.807) is 0 Å². The summed E-state index contributed by atoms with van der Waals surface area (Å²) in [5.74, 6) is 0.547. The average molecular weight is 366 g/mol. The van der Waals surface area contributed by atoms with Crippen LogP contribution in [0.1, 0.15) is 25.0 Å². The lowest BCUT2D eigenvalue weighted by Gasteiger charge is -2.38. The number of hydrogen-bond donors (Lipinski definition) is 1. The number of nitrogens with zero attached hydrogens (tertiary/aromatic N) is 5. The Hall–Kier alpha value is -2.65. The molecule has 2 saturated heterocycles. The van der Waals surface area contributed by atoms with Gasteiger partial charge in [-0.2, -0.15) is 18.3 Å². The third-order valence-electron chi connectivity index (χ3n) is 5.00. The summed E-state index contributed by atoms with van der Waals surface area (Å²) in [6, 6.07) is 0.904. The van der Waals surface area contributed by atoms with E-state index in [1.807, 2.05) is 4.90 Å². The highest BCUT2D eigenvalue weighted by atomic mass is 19.4. The molecule has 7 nitrogen and oxygen atoms in total. The Morgan fingerprint density at radius 1 is 1.19 bits per heavy atom. The molecule has 2 aliphatic rings. The van der Waals surface area contributed by atoms with E-state index in [9.17, 15) is 18.0 Å². The topological polar surface area (TPSA) is 75.9 Å². The molecule has 2 aromatic heterocycles. The Kier molecular flexibility index (Phi) is 3.85. The lowest BCUT2D eigenvalue weighted by molar-refractivity contribution is -0.141. The molecule has 0 aliphatic carbocycles. The molecule has 0 aromatic carbocycles. The number of halogens is 3. The van der Waals surface area contributed by atoms with E-state index >= 15 is 0 Å². The summed E-state index contributed by atoms with van der Waals surface area (Å²) in [6.45, 7) is 1.99. The Morgan fingerprint density at radius 3 is 2.58 bits per heavy atom. The molecule has 0 radical (unpaired) electrons. The highest BCUT2D eigenvalue weighted by molar-refractivity contribution is 5.85. The average Bonchev–Trinajstić information content (AvgIpc) is 3.24. The lowest BCUT2D eigenvalue weighted by Crippen LogP contribution is -2.47. The van der Waals surface area contributed by atoms with Gasteiger partial charge in [-0.3, -0.25) is 4.79 Å². The number of anilines is 1. The van der Waals surface area contributed by atoms with E-state index in [-0.39, 0.29) is 11.3 Å². The maximum Gasteiger partial charge on any atom is 0.435 e. The molecule has 0 bridgehead atoms. The SMILES string of the molecule is O=C1NCCC12CCCN(c1ncc(-n3ccc(C(F)(F)F)n3)cn1)C2. The first-order valence-electron chi connectivity index (χ1n) is 8.36. The van der Waals surface area contributed by atoms with Gasteiger partial charge in [0.15, 0.2) is 5.69 Å². The van der Waals surface area contributed by atoms with Crippen molar-refractivity contribution in [3.05, 3.63) is 30.4 Å². The van der Waals surface area contributed by atoms with Crippen LogP contribution in [-0.4, -0.2) is 45.3 Å². The number of alkyl halides is 3. The lowest BCUT2D eigenvalue weighted by atomic mass is 9.78. The Bertz CT molecular complexity index is 818. The van der Waals surface area contributed by atoms with Crippen LogP contribution in [-0.2, 0) is 11.0 Å². The van der Waals surface area contributed by atoms with Crippen LogP contribution in [0.4, 0.5) is 19.1 Å². The van der Waals surface area contributed by atoms with Gasteiger partial charge in [0, 0.05) is 25.8 Å². The fraction of sp³-hybridized carbons (Fsp3) is 0.500. The summed E-state index contributed by atoms with van der Waals surface area (Å²) in [7, 11) is 0. The van der Waals surface area contributed by atoms with Crippen molar-refractivity contribution in [1.29, 1.82) is 0 Å². The van der Waals surface area contributed by atoms with Crippen LogP contribution in [0.25, 0.3) is 5.69 Å². The number of hydrogen-bond acceptors (Lipinski definition) is 5. The number of aromatic nitrogens is 4. The van der Waals surface area contributed by atoms with Gasteiger partial charge in [-0.05, 0) is 25.3 Å². The fourth-order valence-corrected chi connectivity index (χ4v) is 3.62. The van der Waals surface area contributed by atoms with Crippen molar-refractivity contribution in [2.75, 3.05) is 24.5 Å². The molecule has 4 rings (SSSR count). The molecule has 1 N–H and O–H groups in total. The monoisotopic (exact) mass is 366 g/mol. The standard InChI is InChI=1S/C16H17F3N6O/c17-16(18,19)12-2-7-25(23-12)11-8-21-14(22-9-11)24-6-1-3-15(10-24)4-5-20-13(15)26/h2,7-9H,1,3-6,10H2,(H,20,26). The second-order valence-electron chi connectivity index (χ2n) is 6.70. The van der Waals surface area contributed by atoms with E-state index in [2.05, 4.69) is 20.4 Å². The van der Waals surface area contributed by atoms with Gasteiger partial charge < -0.3 is 10.2 Å². The first kappa shape index (κ1) is 16.8. The summed E-state index contributed by atoms with van der Waals surface area (Å²) in [6.07, 6.45) is 2.12. The van der Waals surface area contributed by atoms with Crippen LogP contribution in [0.5, 0.6) is 0 Å². The van der Waals surface area contributed by atoms with Crippen molar-refractivity contribution in [2.24, 2.45) is 5.41 Å². The summed E-state index contributed by atoms with van der Waals surface area (Å²) in [4.78, 5) is 22.7. The summed E-state index contributed by atoms with van der Waals surface area (Å²) >= 11 is 0. The zero-order chi connectivity index (χ0) is 18.4. The van der Waals surface area contributed by atoms with Crippen LogP contribution < -0.4 is 10.2 Å². The summed E-state index contributed by atoms with van der Waals surface area (Å²) in [5.41, 5.74) is -1.01. The molecule has 1 amide bonds. The second-order valence-corrected chi connectivity index (χ2v) is 6.70. The zero-order valence-corrected chi connectivity index (χ0v) is 13.8. The summed E-state index contributed by atoms with van der Waals surface area (Å²) in [5, 5.41) is 6.39. The maximum absolute atomic E-state index is 12.7. The third-order valence-corrected chi connectivity index (χ3v) is 5.00. The van der Waals surface area contributed by atoms with Gasteiger partial charge in [-0.15, -0.1) is 0 Å². The Morgan fingerprint density at radius 2 is 1.96 bits per heavy atom. The van der Waals surface area contributed by atoms with Crippen molar-refractivity contribution in [3.63, 3.8) is 0 Å². The second kappa shape index (κ2) is 5.96. The molecule has 10 heteroatoms. The summed E-state index contributed by atoms with van der Waals surface area (Å²) < 4.78 is 39.1. The molecular formula is C16H17F3N6O. The van der Waals surface area contributed by atoms with Gasteiger partial charge in [0.1, 0.15) is 5.69 Å². The predicted octanol–water partition coefficient (Wildman–Crippen LogP) is 1.79.